The molecule has 0 spiro atoms. The smallest absolute Gasteiger partial charge is 0.225 e. The average molecular weight is 369 g/mol. The molecule has 1 fully saturated rings. The Morgan fingerprint density at radius 1 is 1.15 bits per heavy atom. The third kappa shape index (κ3) is 4.99. The number of nitrogens with zero attached hydrogens (tertiary/aromatic N) is 1. The number of amides is 1. The summed E-state index contributed by atoms with van der Waals surface area (Å²) >= 11 is 0. The first-order valence-electron chi connectivity index (χ1n) is 9.23. The normalized spacial score (nSPS) is 17.3. The standard InChI is InChI=1S/C21H27N3O3/c1-26-17-9-7-16(8-10-17)23-21(25)11-13-24-14-12-22-15-19(24)18-5-3-4-6-20(18)27-2/h3-10,19,22H,11-15H2,1-2H3,(H,23,25). The van der Waals surface area contributed by atoms with Gasteiger partial charge in [0, 0.05) is 43.9 Å². The number of carbonyl (C=O) groups is 1. The fourth-order valence-corrected chi connectivity index (χ4v) is 3.41. The van der Waals surface area contributed by atoms with Gasteiger partial charge in [0.15, 0.2) is 0 Å². The summed E-state index contributed by atoms with van der Waals surface area (Å²) in [6.45, 7) is 3.37. The summed E-state index contributed by atoms with van der Waals surface area (Å²) in [5, 5.41) is 6.39. The molecule has 2 N–H and O–H groups in total. The molecule has 144 valence electrons. The van der Waals surface area contributed by atoms with Crippen molar-refractivity contribution >= 4 is 11.6 Å². The third-order valence-corrected chi connectivity index (χ3v) is 4.85. The Balaban J connectivity index is 1.60. The molecule has 1 aliphatic heterocycles. The van der Waals surface area contributed by atoms with Crippen molar-refractivity contribution in [2.75, 3.05) is 45.7 Å². The highest BCUT2D eigenvalue weighted by Crippen LogP contribution is 2.30. The molecular weight excluding hydrogens is 342 g/mol. The van der Waals surface area contributed by atoms with Crippen molar-refractivity contribution < 1.29 is 14.3 Å². The lowest BCUT2D eigenvalue weighted by molar-refractivity contribution is -0.116. The molecule has 1 amide bonds. The van der Waals surface area contributed by atoms with Gasteiger partial charge in [-0.15, -0.1) is 0 Å². The van der Waals surface area contributed by atoms with E-state index >= 15 is 0 Å². The van der Waals surface area contributed by atoms with E-state index in [4.69, 9.17) is 9.47 Å². The molecule has 1 aliphatic rings. The van der Waals surface area contributed by atoms with E-state index in [1.165, 1.54) is 0 Å². The summed E-state index contributed by atoms with van der Waals surface area (Å²) in [5.74, 6) is 1.67. The highest BCUT2D eigenvalue weighted by molar-refractivity contribution is 5.90. The van der Waals surface area contributed by atoms with Crippen molar-refractivity contribution in [1.82, 2.24) is 10.2 Å². The van der Waals surface area contributed by atoms with Gasteiger partial charge in [0.1, 0.15) is 11.5 Å². The average Bonchev–Trinajstić information content (AvgIpc) is 2.73. The van der Waals surface area contributed by atoms with Gasteiger partial charge in [-0.05, 0) is 30.3 Å². The van der Waals surface area contributed by atoms with E-state index in [1.807, 2.05) is 42.5 Å². The predicted octanol–water partition coefficient (Wildman–Crippen LogP) is 2.68. The first-order chi connectivity index (χ1) is 13.2. The summed E-state index contributed by atoms with van der Waals surface area (Å²) < 4.78 is 10.7. The minimum absolute atomic E-state index is 0.0116. The van der Waals surface area contributed by atoms with Crippen LogP contribution in [0.3, 0.4) is 0 Å². The number of anilines is 1. The number of para-hydroxylation sites is 1. The number of ether oxygens (including phenoxy) is 2. The Morgan fingerprint density at radius 2 is 1.93 bits per heavy atom. The molecule has 1 unspecified atom stereocenters. The van der Waals surface area contributed by atoms with Crippen LogP contribution in [0.1, 0.15) is 18.0 Å². The first-order valence-corrected chi connectivity index (χ1v) is 9.23. The van der Waals surface area contributed by atoms with Crippen molar-refractivity contribution in [2.45, 2.75) is 12.5 Å². The molecule has 6 nitrogen and oxygen atoms in total. The fourth-order valence-electron chi connectivity index (χ4n) is 3.41. The maximum atomic E-state index is 12.4. The Hall–Kier alpha value is -2.57. The third-order valence-electron chi connectivity index (χ3n) is 4.85. The molecule has 0 aromatic heterocycles. The van der Waals surface area contributed by atoms with E-state index in [-0.39, 0.29) is 11.9 Å². The van der Waals surface area contributed by atoms with Gasteiger partial charge in [-0.2, -0.15) is 0 Å². The van der Waals surface area contributed by atoms with E-state index < -0.39 is 0 Å². The van der Waals surface area contributed by atoms with E-state index in [2.05, 4.69) is 21.6 Å². The summed E-state index contributed by atoms with van der Waals surface area (Å²) in [6.07, 6.45) is 0.442. The number of hydrogen-bond donors (Lipinski definition) is 2. The highest BCUT2D eigenvalue weighted by Gasteiger charge is 2.26. The molecule has 27 heavy (non-hydrogen) atoms. The molecule has 2 aromatic rings. The Labute approximate surface area is 160 Å². The highest BCUT2D eigenvalue weighted by atomic mass is 16.5. The van der Waals surface area contributed by atoms with E-state index in [0.717, 1.165) is 42.4 Å². The molecule has 0 bridgehead atoms. The number of nitrogens with one attached hydrogen (secondary N) is 2. The number of benzene rings is 2. The summed E-state index contributed by atoms with van der Waals surface area (Å²) in [5.41, 5.74) is 1.94. The van der Waals surface area contributed by atoms with Crippen LogP contribution in [-0.4, -0.2) is 51.2 Å². The van der Waals surface area contributed by atoms with Crippen molar-refractivity contribution in [3.63, 3.8) is 0 Å². The molecule has 1 atom stereocenters. The maximum Gasteiger partial charge on any atom is 0.225 e. The van der Waals surface area contributed by atoms with Gasteiger partial charge in [-0.1, -0.05) is 18.2 Å². The lowest BCUT2D eigenvalue weighted by Crippen LogP contribution is -2.46. The van der Waals surface area contributed by atoms with Gasteiger partial charge < -0.3 is 20.1 Å². The molecule has 6 heteroatoms. The summed E-state index contributed by atoms with van der Waals surface area (Å²) in [6, 6.07) is 15.7. The molecule has 0 radical (unpaired) electrons. The minimum atomic E-state index is 0.0116. The second-order valence-electron chi connectivity index (χ2n) is 6.52. The molecular formula is C21H27N3O3. The quantitative estimate of drug-likeness (QED) is 0.786. The van der Waals surface area contributed by atoms with Crippen molar-refractivity contribution in [1.29, 1.82) is 0 Å². The van der Waals surface area contributed by atoms with Gasteiger partial charge >= 0.3 is 0 Å². The summed E-state index contributed by atoms with van der Waals surface area (Å²) in [7, 11) is 3.32. The second-order valence-corrected chi connectivity index (χ2v) is 6.52. The molecule has 3 rings (SSSR count). The molecule has 0 saturated carbocycles. The zero-order valence-corrected chi connectivity index (χ0v) is 15.9. The van der Waals surface area contributed by atoms with Crippen LogP contribution >= 0.6 is 0 Å². The van der Waals surface area contributed by atoms with Crippen LogP contribution < -0.4 is 20.1 Å². The molecule has 1 heterocycles. The lowest BCUT2D eigenvalue weighted by atomic mass is 10.0. The monoisotopic (exact) mass is 369 g/mol. The maximum absolute atomic E-state index is 12.4. The van der Waals surface area contributed by atoms with Gasteiger partial charge in [0.2, 0.25) is 5.91 Å². The number of rotatable bonds is 7. The van der Waals surface area contributed by atoms with Crippen molar-refractivity contribution in [3.05, 3.63) is 54.1 Å². The van der Waals surface area contributed by atoms with Gasteiger partial charge in [0.05, 0.1) is 20.3 Å². The van der Waals surface area contributed by atoms with Crippen LogP contribution in [0.15, 0.2) is 48.5 Å². The Bertz CT molecular complexity index is 749. The number of carbonyl (C=O) groups excluding carboxylic acids is 1. The lowest BCUT2D eigenvalue weighted by Gasteiger charge is -2.37. The van der Waals surface area contributed by atoms with Crippen LogP contribution in [0, 0.1) is 0 Å². The van der Waals surface area contributed by atoms with E-state index in [9.17, 15) is 4.79 Å². The van der Waals surface area contributed by atoms with E-state index in [1.54, 1.807) is 14.2 Å². The summed E-state index contributed by atoms with van der Waals surface area (Å²) in [4.78, 5) is 14.7. The molecule has 1 saturated heterocycles. The SMILES string of the molecule is COc1ccc(NC(=O)CCN2CCNCC2c2ccccc2OC)cc1. The molecule has 2 aromatic carbocycles. The van der Waals surface area contributed by atoms with E-state index in [0.29, 0.717) is 13.0 Å². The van der Waals surface area contributed by atoms with Crippen molar-refractivity contribution in [2.24, 2.45) is 0 Å². The number of hydrogen-bond acceptors (Lipinski definition) is 5. The van der Waals surface area contributed by atoms with Gasteiger partial charge in [0.25, 0.3) is 0 Å². The zero-order chi connectivity index (χ0) is 19.1. The second kappa shape index (κ2) is 9.39. The van der Waals surface area contributed by atoms with Crippen LogP contribution in [-0.2, 0) is 4.79 Å². The van der Waals surface area contributed by atoms with Crippen molar-refractivity contribution in [3.8, 4) is 11.5 Å². The Morgan fingerprint density at radius 3 is 2.67 bits per heavy atom. The largest absolute Gasteiger partial charge is 0.497 e. The van der Waals surface area contributed by atoms with Crippen LogP contribution in [0.5, 0.6) is 11.5 Å². The number of piperazine rings is 1. The van der Waals surface area contributed by atoms with Crippen LogP contribution in [0.25, 0.3) is 0 Å². The van der Waals surface area contributed by atoms with Gasteiger partial charge in [-0.3, -0.25) is 9.69 Å². The predicted molar refractivity (Wildman–Crippen MR) is 106 cm³/mol. The fraction of sp³-hybridized carbons (Fsp3) is 0.381. The minimum Gasteiger partial charge on any atom is -0.497 e. The van der Waals surface area contributed by atoms with Crippen LogP contribution in [0.2, 0.25) is 0 Å². The van der Waals surface area contributed by atoms with Gasteiger partial charge in [-0.25, -0.2) is 0 Å². The van der Waals surface area contributed by atoms with Crippen LogP contribution in [0.4, 0.5) is 5.69 Å². The number of methoxy groups -OCH3 is 2. The first kappa shape index (κ1) is 19.2. The Kier molecular flexibility index (Phi) is 6.68. The zero-order valence-electron chi connectivity index (χ0n) is 15.9. The topological polar surface area (TPSA) is 62.8 Å². The molecule has 0 aliphatic carbocycles.